The zero-order valence-electron chi connectivity index (χ0n) is 17.5. The summed E-state index contributed by atoms with van der Waals surface area (Å²) in [4.78, 5) is 72.5. The molecule has 1 aromatic rings. The number of para-hydroxylation sites is 2. The molecule has 0 saturated carbocycles. The van der Waals surface area contributed by atoms with Crippen LogP contribution in [0.15, 0.2) is 45.6 Å². The van der Waals surface area contributed by atoms with Crippen molar-refractivity contribution in [2.45, 2.75) is 25.7 Å². The predicted molar refractivity (Wildman–Crippen MR) is 113 cm³/mol. The molecule has 3 amide bonds. The van der Waals surface area contributed by atoms with Crippen LogP contribution in [0.3, 0.4) is 0 Å². The monoisotopic (exact) mass is 449 g/mol. The van der Waals surface area contributed by atoms with E-state index < -0.39 is 35.0 Å². The summed E-state index contributed by atoms with van der Waals surface area (Å²) in [5.41, 5.74) is 0.893. The van der Waals surface area contributed by atoms with Gasteiger partial charge in [-0.2, -0.15) is 0 Å². The van der Waals surface area contributed by atoms with Crippen molar-refractivity contribution in [3.05, 3.63) is 52.2 Å². The van der Waals surface area contributed by atoms with Crippen LogP contribution >= 0.6 is 0 Å². The van der Waals surface area contributed by atoms with Crippen molar-refractivity contribution in [1.82, 2.24) is 14.9 Å². The minimum Gasteiger partial charge on any atom is -0.452 e. The Kier molecular flexibility index (Phi) is 5.12. The van der Waals surface area contributed by atoms with Gasteiger partial charge < -0.3 is 14.2 Å². The third kappa shape index (κ3) is 3.73. The van der Waals surface area contributed by atoms with Crippen LogP contribution in [0.4, 0.5) is 0 Å². The molecule has 3 aliphatic heterocycles. The van der Waals surface area contributed by atoms with Crippen molar-refractivity contribution in [3.8, 4) is 11.5 Å². The van der Waals surface area contributed by atoms with Gasteiger partial charge in [0.15, 0.2) is 16.8 Å². The minimum absolute atomic E-state index is 0.0246. The SMILES string of the molecule is O=C(ON1C(=O)CCC1=O)C1CCN(C(=O)c2c3oc4ccccc4nc-3ccc2=O)CC1. The molecule has 10 nitrogen and oxygen atoms in total. The second kappa shape index (κ2) is 8.12. The molecular formula is C23H19N3O7. The van der Waals surface area contributed by atoms with Crippen LogP contribution in [0, 0.1) is 5.92 Å². The molecule has 0 spiro atoms. The van der Waals surface area contributed by atoms with Crippen molar-refractivity contribution in [2.75, 3.05) is 13.1 Å². The van der Waals surface area contributed by atoms with E-state index in [9.17, 15) is 24.0 Å². The average Bonchev–Trinajstić information content (AvgIpc) is 3.14. The van der Waals surface area contributed by atoms with E-state index in [1.54, 1.807) is 18.2 Å². The number of amides is 3. The number of fused-ring (bicyclic) bond motifs is 2. The molecule has 1 aromatic carbocycles. The second-order valence-electron chi connectivity index (χ2n) is 8.03. The fourth-order valence-corrected chi connectivity index (χ4v) is 4.12. The maximum absolute atomic E-state index is 13.2. The molecule has 2 fully saturated rings. The Morgan fingerprint density at radius 3 is 2.39 bits per heavy atom. The minimum atomic E-state index is -0.675. The van der Waals surface area contributed by atoms with Crippen molar-refractivity contribution >= 4 is 34.8 Å². The van der Waals surface area contributed by atoms with Gasteiger partial charge in [-0.25, -0.2) is 9.78 Å². The number of hydrogen-bond donors (Lipinski definition) is 0. The summed E-state index contributed by atoms with van der Waals surface area (Å²) < 4.78 is 5.87. The molecule has 168 valence electrons. The van der Waals surface area contributed by atoms with E-state index >= 15 is 0 Å². The summed E-state index contributed by atoms with van der Waals surface area (Å²) in [7, 11) is 0. The lowest BCUT2D eigenvalue weighted by atomic mass is 9.96. The number of hydrogen-bond acceptors (Lipinski definition) is 8. The lowest BCUT2D eigenvalue weighted by Gasteiger charge is -2.31. The molecule has 2 saturated heterocycles. The highest BCUT2D eigenvalue weighted by molar-refractivity contribution is 6.02. The largest absolute Gasteiger partial charge is 0.452 e. The summed E-state index contributed by atoms with van der Waals surface area (Å²) in [6.07, 6.45) is 0.601. The number of hydroxylamine groups is 2. The molecule has 10 heteroatoms. The quantitative estimate of drug-likeness (QED) is 0.437. The molecule has 4 aliphatic rings. The number of carbonyl (C=O) groups is 4. The van der Waals surface area contributed by atoms with Crippen LogP contribution in [0.5, 0.6) is 0 Å². The first-order valence-electron chi connectivity index (χ1n) is 10.6. The number of nitrogens with zero attached hydrogens (tertiary/aromatic N) is 3. The Labute approximate surface area is 187 Å². The van der Waals surface area contributed by atoms with E-state index in [0.717, 1.165) is 0 Å². The molecule has 5 rings (SSSR count). The zero-order valence-corrected chi connectivity index (χ0v) is 17.5. The number of carbonyl (C=O) groups excluding carboxylic acids is 4. The van der Waals surface area contributed by atoms with Crippen molar-refractivity contribution in [3.63, 3.8) is 0 Å². The van der Waals surface area contributed by atoms with E-state index in [-0.39, 0.29) is 50.1 Å². The second-order valence-corrected chi connectivity index (χ2v) is 8.03. The predicted octanol–water partition coefficient (Wildman–Crippen LogP) is 1.75. The van der Waals surface area contributed by atoms with E-state index in [1.165, 1.54) is 17.0 Å². The van der Waals surface area contributed by atoms with Gasteiger partial charge in [0.05, 0.1) is 5.92 Å². The molecule has 0 aromatic heterocycles. The maximum atomic E-state index is 13.2. The van der Waals surface area contributed by atoms with Gasteiger partial charge in [0.2, 0.25) is 0 Å². The van der Waals surface area contributed by atoms with Gasteiger partial charge >= 0.3 is 5.97 Å². The molecule has 0 N–H and O–H groups in total. The van der Waals surface area contributed by atoms with Crippen molar-refractivity contribution < 1.29 is 28.4 Å². The lowest BCUT2D eigenvalue weighted by Crippen LogP contribution is -2.43. The van der Waals surface area contributed by atoms with Crippen LogP contribution in [-0.2, 0) is 19.2 Å². The van der Waals surface area contributed by atoms with Gasteiger partial charge in [0.1, 0.15) is 16.8 Å². The number of likely N-dealkylation sites (tertiary alicyclic amines) is 1. The number of aromatic nitrogens is 1. The van der Waals surface area contributed by atoms with E-state index in [4.69, 9.17) is 9.25 Å². The fourth-order valence-electron chi connectivity index (χ4n) is 4.12. The van der Waals surface area contributed by atoms with Gasteiger partial charge in [0.25, 0.3) is 17.7 Å². The van der Waals surface area contributed by atoms with E-state index in [0.29, 0.717) is 21.9 Å². The maximum Gasteiger partial charge on any atom is 0.336 e. The van der Waals surface area contributed by atoms with Crippen LogP contribution < -0.4 is 5.43 Å². The topological polar surface area (TPSA) is 127 Å². The number of imide groups is 1. The Bertz CT molecular complexity index is 1310. The van der Waals surface area contributed by atoms with Crippen molar-refractivity contribution in [2.24, 2.45) is 5.92 Å². The molecule has 33 heavy (non-hydrogen) atoms. The molecule has 0 unspecified atom stereocenters. The van der Waals surface area contributed by atoms with Crippen LogP contribution in [0.25, 0.3) is 22.6 Å². The highest BCUT2D eigenvalue weighted by Crippen LogP contribution is 2.28. The summed E-state index contributed by atoms with van der Waals surface area (Å²) >= 11 is 0. The molecular weight excluding hydrogens is 430 g/mol. The summed E-state index contributed by atoms with van der Waals surface area (Å²) in [5, 5.41) is 0.526. The Hall–Kier alpha value is -4.08. The van der Waals surface area contributed by atoms with Gasteiger partial charge in [-0.1, -0.05) is 12.1 Å². The van der Waals surface area contributed by atoms with E-state index in [2.05, 4.69) is 4.98 Å². The van der Waals surface area contributed by atoms with Gasteiger partial charge in [0, 0.05) is 25.9 Å². The first-order chi connectivity index (χ1) is 15.9. The van der Waals surface area contributed by atoms with E-state index in [1.807, 2.05) is 6.07 Å². The normalized spacial score (nSPS) is 17.2. The first-order valence-corrected chi connectivity index (χ1v) is 10.6. The summed E-state index contributed by atoms with van der Waals surface area (Å²) in [6.45, 7) is 0.411. The molecule has 3 heterocycles. The van der Waals surface area contributed by atoms with Gasteiger partial charge in [-0.05, 0) is 37.1 Å². The van der Waals surface area contributed by atoms with Crippen molar-refractivity contribution in [1.29, 1.82) is 0 Å². The van der Waals surface area contributed by atoms with Crippen LogP contribution in [0.2, 0.25) is 0 Å². The lowest BCUT2D eigenvalue weighted by molar-refractivity contribution is -0.201. The zero-order chi connectivity index (χ0) is 23.1. The highest BCUT2D eigenvalue weighted by Gasteiger charge is 2.37. The third-order valence-corrected chi connectivity index (χ3v) is 5.93. The van der Waals surface area contributed by atoms with Crippen LogP contribution in [-0.4, -0.2) is 51.7 Å². The standard InChI is InChI=1S/C23H19N3O7/c27-16-6-5-15-21(32-17-4-2-1-3-14(17)24-15)20(16)22(30)25-11-9-13(10-12-25)23(31)33-26-18(28)7-8-19(26)29/h1-6,13H,7-12H2. The average molecular weight is 449 g/mol. The molecule has 0 radical (unpaired) electrons. The number of piperidine rings is 1. The molecule has 0 atom stereocenters. The Balaban J connectivity index is 1.33. The van der Waals surface area contributed by atoms with Gasteiger partial charge in [-0.15, -0.1) is 5.06 Å². The highest BCUT2D eigenvalue weighted by atomic mass is 16.7. The smallest absolute Gasteiger partial charge is 0.336 e. The van der Waals surface area contributed by atoms with Crippen LogP contribution in [0.1, 0.15) is 36.0 Å². The first kappa shape index (κ1) is 20.8. The third-order valence-electron chi connectivity index (χ3n) is 5.93. The Morgan fingerprint density at radius 1 is 0.970 bits per heavy atom. The summed E-state index contributed by atoms with van der Waals surface area (Å²) in [5.74, 6) is -2.69. The fraction of sp³-hybridized carbons (Fsp3) is 0.304. The van der Waals surface area contributed by atoms with Gasteiger partial charge in [-0.3, -0.25) is 19.2 Å². The number of benzene rings is 2. The number of rotatable bonds is 3. The summed E-state index contributed by atoms with van der Waals surface area (Å²) in [6, 6.07) is 9.89. The molecule has 0 bridgehead atoms. The molecule has 1 aliphatic carbocycles. The Morgan fingerprint density at radius 2 is 1.67 bits per heavy atom.